The first-order chi connectivity index (χ1) is 7.78. The van der Waals surface area contributed by atoms with Gasteiger partial charge < -0.3 is 15.5 Å². The third-order valence-electron chi connectivity index (χ3n) is 1.90. The number of halogens is 1. The minimum Gasteiger partial charge on any atom is -0.408 e. The van der Waals surface area contributed by atoms with E-state index in [1.807, 2.05) is 0 Å². The van der Waals surface area contributed by atoms with Gasteiger partial charge in [0.25, 0.3) is 0 Å². The van der Waals surface area contributed by atoms with Crippen molar-refractivity contribution in [1.82, 2.24) is 10.2 Å². The summed E-state index contributed by atoms with van der Waals surface area (Å²) >= 11 is 0. The Morgan fingerprint density at radius 3 is 3.00 bits per heavy atom. The van der Waals surface area contributed by atoms with Crippen molar-refractivity contribution in [2.24, 2.45) is 5.73 Å². The topological polar surface area (TPSA) is 77.0 Å². The molecule has 16 heavy (non-hydrogen) atoms. The molecule has 0 radical (unpaired) electrons. The number of aromatic nitrogens is 2. The van der Waals surface area contributed by atoms with Gasteiger partial charge in [0.1, 0.15) is 5.82 Å². The first-order valence-electron chi connectivity index (χ1n) is 4.83. The standard InChI is InChI=1S/C10H11FN4O/c11-7-2-1-3-8(6-7)13-10-15-14-9(16-10)4-5-12/h1-3,6H,4-5,12H2,(H,13,15). The van der Waals surface area contributed by atoms with Crippen molar-refractivity contribution in [3.63, 3.8) is 0 Å². The largest absolute Gasteiger partial charge is 0.408 e. The predicted molar refractivity (Wildman–Crippen MR) is 56.7 cm³/mol. The summed E-state index contributed by atoms with van der Waals surface area (Å²) in [6.07, 6.45) is 0.526. The van der Waals surface area contributed by atoms with Crippen LogP contribution in [0.3, 0.4) is 0 Å². The summed E-state index contributed by atoms with van der Waals surface area (Å²) in [7, 11) is 0. The van der Waals surface area contributed by atoms with Crippen LogP contribution in [0.4, 0.5) is 16.1 Å². The maximum atomic E-state index is 12.9. The van der Waals surface area contributed by atoms with E-state index in [0.29, 0.717) is 24.5 Å². The monoisotopic (exact) mass is 222 g/mol. The zero-order valence-corrected chi connectivity index (χ0v) is 8.48. The SMILES string of the molecule is NCCc1nnc(Nc2cccc(F)c2)o1. The van der Waals surface area contributed by atoms with Crippen LogP contribution in [-0.2, 0) is 6.42 Å². The maximum absolute atomic E-state index is 12.9. The van der Waals surface area contributed by atoms with E-state index in [2.05, 4.69) is 15.5 Å². The molecule has 0 fully saturated rings. The highest BCUT2D eigenvalue weighted by Crippen LogP contribution is 2.15. The Hall–Kier alpha value is -1.95. The van der Waals surface area contributed by atoms with E-state index in [-0.39, 0.29) is 11.8 Å². The molecule has 84 valence electrons. The lowest BCUT2D eigenvalue weighted by molar-refractivity contribution is 0.509. The van der Waals surface area contributed by atoms with E-state index in [0.717, 1.165) is 0 Å². The molecule has 0 aliphatic rings. The number of hydrogen-bond acceptors (Lipinski definition) is 5. The van der Waals surface area contributed by atoms with Crippen LogP contribution < -0.4 is 11.1 Å². The minimum absolute atomic E-state index is 0.231. The highest BCUT2D eigenvalue weighted by Gasteiger charge is 2.05. The van der Waals surface area contributed by atoms with E-state index in [1.54, 1.807) is 12.1 Å². The van der Waals surface area contributed by atoms with Gasteiger partial charge in [0, 0.05) is 18.7 Å². The van der Waals surface area contributed by atoms with Gasteiger partial charge in [0.2, 0.25) is 5.89 Å². The average molecular weight is 222 g/mol. The van der Waals surface area contributed by atoms with Gasteiger partial charge in [-0.15, -0.1) is 5.10 Å². The number of anilines is 2. The number of nitrogens with two attached hydrogens (primary N) is 1. The third kappa shape index (κ3) is 2.54. The number of rotatable bonds is 4. The van der Waals surface area contributed by atoms with Crippen molar-refractivity contribution in [3.05, 3.63) is 36.0 Å². The highest BCUT2D eigenvalue weighted by atomic mass is 19.1. The van der Waals surface area contributed by atoms with Crippen LogP contribution in [0, 0.1) is 5.82 Å². The second-order valence-electron chi connectivity index (χ2n) is 3.17. The Balaban J connectivity index is 2.08. The number of nitrogens with one attached hydrogen (secondary N) is 1. The molecule has 0 spiro atoms. The maximum Gasteiger partial charge on any atom is 0.320 e. The van der Waals surface area contributed by atoms with Crippen molar-refractivity contribution in [3.8, 4) is 0 Å². The Labute approximate surface area is 91.5 Å². The molecule has 0 saturated carbocycles. The van der Waals surface area contributed by atoms with E-state index in [9.17, 15) is 4.39 Å². The molecule has 6 heteroatoms. The molecule has 0 atom stereocenters. The number of benzene rings is 1. The number of nitrogens with zero attached hydrogens (tertiary/aromatic N) is 2. The Bertz CT molecular complexity index is 471. The molecule has 0 unspecified atom stereocenters. The van der Waals surface area contributed by atoms with Gasteiger partial charge in [0.05, 0.1) is 0 Å². The zero-order chi connectivity index (χ0) is 11.4. The van der Waals surface area contributed by atoms with E-state index in [4.69, 9.17) is 10.2 Å². The van der Waals surface area contributed by atoms with Crippen LogP contribution in [0.15, 0.2) is 28.7 Å². The molecule has 0 bridgehead atoms. The normalized spacial score (nSPS) is 10.4. The summed E-state index contributed by atoms with van der Waals surface area (Å²) < 4.78 is 18.1. The Morgan fingerprint density at radius 1 is 1.38 bits per heavy atom. The van der Waals surface area contributed by atoms with Gasteiger partial charge in [-0.3, -0.25) is 0 Å². The summed E-state index contributed by atoms with van der Waals surface area (Å²) in [4.78, 5) is 0. The quantitative estimate of drug-likeness (QED) is 0.818. The Morgan fingerprint density at radius 2 is 2.25 bits per heavy atom. The molecule has 1 aromatic carbocycles. The second-order valence-corrected chi connectivity index (χ2v) is 3.17. The van der Waals surface area contributed by atoms with Crippen molar-refractivity contribution in [2.75, 3.05) is 11.9 Å². The van der Waals surface area contributed by atoms with E-state index in [1.165, 1.54) is 12.1 Å². The van der Waals surface area contributed by atoms with Crippen LogP contribution in [0.1, 0.15) is 5.89 Å². The summed E-state index contributed by atoms with van der Waals surface area (Å²) in [5, 5.41) is 10.3. The van der Waals surface area contributed by atoms with Crippen molar-refractivity contribution in [1.29, 1.82) is 0 Å². The van der Waals surface area contributed by atoms with Crippen molar-refractivity contribution >= 4 is 11.7 Å². The molecule has 0 amide bonds. The fourth-order valence-electron chi connectivity index (χ4n) is 1.22. The molecule has 3 N–H and O–H groups in total. The minimum atomic E-state index is -0.327. The smallest absolute Gasteiger partial charge is 0.320 e. The van der Waals surface area contributed by atoms with E-state index < -0.39 is 0 Å². The molecule has 5 nitrogen and oxygen atoms in total. The van der Waals surface area contributed by atoms with Gasteiger partial charge in [-0.25, -0.2) is 4.39 Å². The lowest BCUT2D eigenvalue weighted by Crippen LogP contribution is -2.02. The lowest BCUT2D eigenvalue weighted by Gasteiger charge is -1.99. The van der Waals surface area contributed by atoms with Crippen LogP contribution >= 0.6 is 0 Å². The van der Waals surface area contributed by atoms with Crippen molar-refractivity contribution < 1.29 is 8.81 Å². The van der Waals surface area contributed by atoms with Crippen LogP contribution in [-0.4, -0.2) is 16.7 Å². The van der Waals surface area contributed by atoms with E-state index >= 15 is 0 Å². The van der Waals surface area contributed by atoms with Gasteiger partial charge >= 0.3 is 6.01 Å². The number of hydrogen-bond donors (Lipinski definition) is 2. The molecule has 1 heterocycles. The first-order valence-corrected chi connectivity index (χ1v) is 4.83. The van der Waals surface area contributed by atoms with Crippen LogP contribution in [0.2, 0.25) is 0 Å². The summed E-state index contributed by atoms with van der Waals surface area (Å²) in [5.74, 6) is 0.133. The van der Waals surface area contributed by atoms with Crippen LogP contribution in [0.5, 0.6) is 0 Å². The molecule has 2 aromatic rings. The molecular formula is C10H11FN4O. The first kappa shape index (κ1) is 10.6. The molecule has 0 aliphatic heterocycles. The highest BCUT2D eigenvalue weighted by molar-refractivity contribution is 5.51. The summed E-state index contributed by atoms with van der Waals surface area (Å²) in [6, 6.07) is 6.23. The third-order valence-corrected chi connectivity index (χ3v) is 1.90. The fourth-order valence-corrected chi connectivity index (χ4v) is 1.22. The van der Waals surface area contributed by atoms with Gasteiger partial charge in [0.15, 0.2) is 0 Å². The molecule has 1 aromatic heterocycles. The predicted octanol–water partition coefficient (Wildman–Crippen LogP) is 1.45. The zero-order valence-electron chi connectivity index (χ0n) is 8.48. The molecule has 2 rings (SSSR count). The molecule has 0 aliphatic carbocycles. The Kier molecular flexibility index (Phi) is 3.11. The lowest BCUT2D eigenvalue weighted by atomic mass is 10.3. The molecular weight excluding hydrogens is 211 g/mol. The molecule has 0 saturated heterocycles. The van der Waals surface area contributed by atoms with Crippen LogP contribution in [0.25, 0.3) is 0 Å². The van der Waals surface area contributed by atoms with Gasteiger partial charge in [-0.05, 0) is 18.2 Å². The summed E-state index contributed by atoms with van der Waals surface area (Å²) in [6.45, 7) is 0.446. The average Bonchev–Trinajstić information content (AvgIpc) is 2.66. The van der Waals surface area contributed by atoms with Gasteiger partial charge in [-0.1, -0.05) is 11.2 Å². The fraction of sp³-hybridized carbons (Fsp3) is 0.200. The summed E-state index contributed by atoms with van der Waals surface area (Å²) in [5.41, 5.74) is 5.90. The van der Waals surface area contributed by atoms with Gasteiger partial charge in [-0.2, -0.15) is 0 Å². The van der Waals surface area contributed by atoms with Crippen molar-refractivity contribution in [2.45, 2.75) is 6.42 Å². The second kappa shape index (κ2) is 4.71.